The molecule has 2 aliphatic rings. The van der Waals surface area contributed by atoms with Gasteiger partial charge in [0.1, 0.15) is 11.4 Å². The maximum Gasteiger partial charge on any atom is 0.410 e. The molecule has 1 saturated heterocycles. The predicted octanol–water partition coefficient (Wildman–Crippen LogP) is 1.92. The van der Waals surface area contributed by atoms with E-state index in [1.807, 2.05) is 20.8 Å². The molecule has 2 aliphatic heterocycles. The minimum atomic E-state index is -3.19. The molecule has 1 aromatic heterocycles. The van der Waals surface area contributed by atoms with E-state index in [1.54, 1.807) is 11.1 Å². The topological polar surface area (TPSA) is 105 Å². The van der Waals surface area contributed by atoms with Gasteiger partial charge < -0.3 is 15.0 Å². The van der Waals surface area contributed by atoms with Crippen LogP contribution >= 0.6 is 0 Å². The van der Waals surface area contributed by atoms with Crippen LogP contribution in [-0.4, -0.2) is 71.7 Å². The second-order valence-corrected chi connectivity index (χ2v) is 11.5. The Morgan fingerprint density at radius 1 is 1.26 bits per heavy atom. The van der Waals surface area contributed by atoms with Crippen LogP contribution in [0.5, 0.6) is 0 Å². The largest absolute Gasteiger partial charge is 0.444 e. The molecular formula is C21H35N5O4S. The number of sulfonamides is 1. The number of piperidine rings is 1. The van der Waals surface area contributed by atoms with Crippen LogP contribution in [0.3, 0.4) is 0 Å². The van der Waals surface area contributed by atoms with Gasteiger partial charge in [0.2, 0.25) is 10.0 Å². The van der Waals surface area contributed by atoms with Gasteiger partial charge in [-0.2, -0.15) is 4.31 Å². The van der Waals surface area contributed by atoms with Gasteiger partial charge >= 0.3 is 6.09 Å². The van der Waals surface area contributed by atoms with Gasteiger partial charge in [0.15, 0.2) is 0 Å². The number of ether oxygens (including phenoxy) is 1. The van der Waals surface area contributed by atoms with Crippen molar-refractivity contribution in [3.05, 3.63) is 23.3 Å². The third-order valence-corrected chi connectivity index (χ3v) is 6.95. The number of likely N-dealkylation sites (tertiary alicyclic amines) is 1. The Balaban J connectivity index is 1.37. The molecule has 174 valence electrons. The van der Waals surface area contributed by atoms with Crippen molar-refractivity contribution >= 4 is 16.1 Å². The van der Waals surface area contributed by atoms with E-state index < -0.39 is 15.6 Å². The highest BCUT2D eigenvalue weighted by molar-refractivity contribution is 7.88. The fourth-order valence-electron chi connectivity index (χ4n) is 3.94. The number of carbonyl (C=O) groups excluding carboxylic acids is 1. The van der Waals surface area contributed by atoms with E-state index in [4.69, 9.17) is 4.74 Å². The molecular weight excluding hydrogens is 418 g/mol. The lowest BCUT2D eigenvalue weighted by atomic mass is 9.94. The van der Waals surface area contributed by atoms with Crippen molar-refractivity contribution in [3.63, 3.8) is 0 Å². The van der Waals surface area contributed by atoms with Gasteiger partial charge in [-0.1, -0.05) is 0 Å². The first-order valence-corrected chi connectivity index (χ1v) is 12.8. The standard InChI is InChI=1S/C21H35N5O4S/c1-21(2,3)30-20(27)25-10-6-16(7-11-25)5-9-22-14-19-23-13-17-15-26(31(4,28)29)12-8-18(17)24-19/h13,16,22H,5-12,14-15H2,1-4H3. The smallest absolute Gasteiger partial charge is 0.410 e. The average molecular weight is 454 g/mol. The third kappa shape index (κ3) is 7.11. The van der Waals surface area contributed by atoms with E-state index >= 15 is 0 Å². The lowest BCUT2D eigenvalue weighted by molar-refractivity contribution is 0.0181. The third-order valence-electron chi connectivity index (χ3n) is 5.70. The van der Waals surface area contributed by atoms with E-state index in [1.165, 1.54) is 10.6 Å². The Morgan fingerprint density at radius 3 is 2.61 bits per heavy atom. The molecule has 0 aliphatic carbocycles. The fourth-order valence-corrected chi connectivity index (χ4v) is 4.73. The number of aromatic nitrogens is 2. The van der Waals surface area contributed by atoms with Gasteiger partial charge in [-0.05, 0) is 52.5 Å². The molecule has 3 heterocycles. The molecule has 9 nitrogen and oxygen atoms in total. The number of amides is 1. The molecule has 31 heavy (non-hydrogen) atoms. The van der Waals surface area contributed by atoms with Crippen molar-refractivity contribution in [2.24, 2.45) is 5.92 Å². The summed E-state index contributed by atoms with van der Waals surface area (Å²) < 4.78 is 30.4. The molecule has 1 aromatic rings. The Hall–Kier alpha value is -1.78. The average Bonchev–Trinajstić information content (AvgIpc) is 2.69. The minimum Gasteiger partial charge on any atom is -0.444 e. The first-order chi connectivity index (χ1) is 14.5. The molecule has 0 saturated carbocycles. The van der Waals surface area contributed by atoms with E-state index in [-0.39, 0.29) is 6.09 Å². The summed E-state index contributed by atoms with van der Waals surface area (Å²) in [5.41, 5.74) is 1.38. The van der Waals surface area contributed by atoms with Crippen LogP contribution in [-0.2, 0) is 34.3 Å². The van der Waals surface area contributed by atoms with Crippen LogP contribution in [0.15, 0.2) is 6.20 Å². The lowest BCUT2D eigenvalue weighted by Crippen LogP contribution is -2.42. The molecule has 0 aromatic carbocycles. The van der Waals surface area contributed by atoms with Crippen molar-refractivity contribution in [3.8, 4) is 0 Å². The van der Waals surface area contributed by atoms with Crippen LogP contribution in [0, 0.1) is 5.92 Å². The highest BCUT2D eigenvalue weighted by Crippen LogP contribution is 2.22. The summed E-state index contributed by atoms with van der Waals surface area (Å²) in [6, 6.07) is 0. The van der Waals surface area contributed by atoms with Crippen LogP contribution in [0.1, 0.15) is 57.1 Å². The van der Waals surface area contributed by atoms with Gasteiger partial charge in [0, 0.05) is 50.1 Å². The Morgan fingerprint density at radius 2 is 1.97 bits per heavy atom. The first-order valence-electron chi connectivity index (χ1n) is 11.0. The summed E-state index contributed by atoms with van der Waals surface area (Å²) in [4.78, 5) is 23.0. The summed E-state index contributed by atoms with van der Waals surface area (Å²) >= 11 is 0. The Labute approximate surface area is 185 Å². The monoisotopic (exact) mass is 453 g/mol. The normalized spacial score (nSPS) is 18.6. The Bertz CT molecular complexity index is 876. The van der Waals surface area contributed by atoms with E-state index in [9.17, 15) is 13.2 Å². The van der Waals surface area contributed by atoms with Crippen LogP contribution < -0.4 is 5.32 Å². The molecule has 1 N–H and O–H groups in total. The molecule has 10 heteroatoms. The van der Waals surface area contributed by atoms with Crippen molar-refractivity contribution < 1.29 is 17.9 Å². The lowest BCUT2D eigenvalue weighted by Gasteiger charge is -2.33. The summed E-state index contributed by atoms with van der Waals surface area (Å²) in [6.07, 6.45) is 6.43. The molecule has 0 atom stereocenters. The maximum atomic E-state index is 12.2. The van der Waals surface area contributed by atoms with Crippen molar-refractivity contribution in [2.75, 3.05) is 32.4 Å². The zero-order valence-electron chi connectivity index (χ0n) is 19.1. The number of nitrogens with zero attached hydrogens (tertiary/aromatic N) is 4. The molecule has 0 radical (unpaired) electrons. The number of hydrogen-bond donors (Lipinski definition) is 1. The van der Waals surface area contributed by atoms with Crippen molar-refractivity contribution in [1.29, 1.82) is 0 Å². The fraction of sp³-hybridized carbons (Fsp3) is 0.762. The molecule has 0 unspecified atom stereocenters. The van der Waals surface area contributed by atoms with E-state index in [0.717, 1.165) is 56.0 Å². The molecule has 3 rings (SSSR count). The minimum absolute atomic E-state index is 0.215. The van der Waals surface area contributed by atoms with Crippen LogP contribution in [0.4, 0.5) is 4.79 Å². The van der Waals surface area contributed by atoms with E-state index in [2.05, 4.69) is 15.3 Å². The number of rotatable bonds is 6. The highest BCUT2D eigenvalue weighted by Gasteiger charge is 2.27. The zero-order chi connectivity index (χ0) is 22.6. The number of nitrogens with one attached hydrogen (secondary N) is 1. The zero-order valence-corrected chi connectivity index (χ0v) is 19.9. The first kappa shape index (κ1) is 23.9. The highest BCUT2D eigenvalue weighted by atomic mass is 32.2. The maximum absolute atomic E-state index is 12.2. The van der Waals surface area contributed by atoms with Crippen LogP contribution in [0.25, 0.3) is 0 Å². The summed E-state index contributed by atoms with van der Waals surface area (Å²) in [6.45, 7) is 9.45. The van der Waals surface area contributed by atoms with Gasteiger partial charge in [-0.15, -0.1) is 0 Å². The molecule has 0 spiro atoms. The summed E-state index contributed by atoms with van der Waals surface area (Å²) in [7, 11) is -3.19. The quantitative estimate of drug-likeness (QED) is 0.656. The van der Waals surface area contributed by atoms with Crippen molar-refractivity contribution in [2.45, 2.75) is 65.1 Å². The second-order valence-electron chi connectivity index (χ2n) is 9.48. The summed E-state index contributed by atoms with van der Waals surface area (Å²) in [5, 5.41) is 3.42. The SMILES string of the molecule is CC(C)(C)OC(=O)N1CCC(CCNCc2ncc3c(n2)CCN(S(C)(=O)=O)C3)CC1. The van der Waals surface area contributed by atoms with E-state index in [0.29, 0.717) is 32.0 Å². The number of hydrogen-bond acceptors (Lipinski definition) is 7. The molecule has 1 amide bonds. The number of fused-ring (bicyclic) bond motifs is 1. The van der Waals surface area contributed by atoms with Gasteiger partial charge in [-0.3, -0.25) is 0 Å². The van der Waals surface area contributed by atoms with Gasteiger partial charge in [0.25, 0.3) is 0 Å². The number of carbonyl (C=O) groups is 1. The van der Waals surface area contributed by atoms with Crippen molar-refractivity contribution in [1.82, 2.24) is 24.5 Å². The molecule has 1 fully saturated rings. The Kier molecular flexibility index (Phi) is 7.54. The van der Waals surface area contributed by atoms with Crippen LogP contribution in [0.2, 0.25) is 0 Å². The second kappa shape index (κ2) is 9.79. The van der Waals surface area contributed by atoms with Gasteiger partial charge in [0.05, 0.1) is 12.8 Å². The summed E-state index contributed by atoms with van der Waals surface area (Å²) in [5.74, 6) is 1.34. The van der Waals surface area contributed by atoms with Gasteiger partial charge in [-0.25, -0.2) is 23.2 Å². The molecule has 0 bridgehead atoms. The predicted molar refractivity (Wildman–Crippen MR) is 118 cm³/mol.